The molecule has 0 aromatic heterocycles. The minimum absolute atomic E-state index is 0. The van der Waals surface area contributed by atoms with Gasteiger partial charge in [0, 0.05) is 52.8 Å². The van der Waals surface area contributed by atoms with Crippen LogP contribution < -0.4 is 5.73 Å². The van der Waals surface area contributed by atoms with Crippen molar-refractivity contribution < 1.29 is 41.1 Å². The van der Waals surface area contributed by atoms with Crippen LogP contribution in [0, 0.1) is 10.1 Å². The Balaban J connectivity index is 0.00000385. The molecule has 0 unspecified atom stereocenters. The number of nitro groups is 1. The summed E-state index contributed by atoms with van der Waals surface area (Å²) in [7, 11) is -9.83. The van der Waals surface area contributed by atoms with Gasteiger partial charge in [-0.1, -0.05) is 0 Å². The smallest absolute Gasteiger partial charge is 0.296 e. The van der Waals surface area contributed by atoms with E-state index in [2.05, 4.69) is 10.2 Å². The Bertz CT molecular complexity index is 1540. The molecule has 3 rings (SSSR count). The molecule has 0 heterocycles. The number of hydrogen-bond donors (Lipinski definition) is 5. The number of nitrogen functional groups attached to an aromatic ring is 1. The molecule has 0 saturated carbocycles. The van der Waals surface area contributed by atoms with E-state index in [-0.39, 0.29) is 40.3 Å². The average molecular weight is 507 g/mol. The maximum Gasteiger partial charge on any atom is 0.296 e. The molecule has 169 valence electrons. The summed E-state index contributed by atoms with van der Waals surface area (Å²) in [4.78, 5) is 8.36. The zero-order valence-electron chi connectivity index (χ0n) is 16.4. The summed E-state index contributed by atoms with van der Waals surface area (Å²) in [6.07, 6.45) is 0. The number of nitrogens with two attached hydrogens (primary N) is 1. The molecule has 0 amide bonds. The van der Waals surface area contributed by atoms with Crippen molar-refractivity contribution in [1.29, 1.82) is 0 Å². The molecular weight excluding hydrogens is 495 g/mol. The minimum atomic E-state index is -5.08. The second-order valence-electron chi connectivity index (χ2n) is 6.26. The normalized spacial score (nSPS) is 12.1. The Morgan fingerprint density at radius 1 is 0.939 bits per heavy atom. The van der Waals surface area contributed by atoms with Crippen molar-refractivity contribution in [2.24, 2.45) is 10.2 Å². The quantitative estimate of drug-likeness (QED) is 0.0837. The molecule has 14 nitrogen and oxygen atoms in total. The largest absolute Gasteiger partial charge is 0.506 e. The van der Waals surface area contributed by atoms with Crippen molar-refractivity contribution in [2.75, 3.05) is 5.73 Å². The second-order valence-corrected chi connectivity index (χ2v) is 9.07. The number of phenols is 2. The Morgan fingerprint density at radius 3 is 2.12 bits per heavy atom. The summed E-state index contributed by atoms with van der Waals surface area (Å²) in [5.41, 5.74) is 3.54. The monoisotopic (exact) mass is 507 g/mol. The summed E-state index contributed by atoms with van der Waals surface area (Å²) in [6.45, 7) is 0. The van der Waals surface area contributed by atoms with Crippen LogP contribution in [0.15, 0.2) is 56.4 Å². The van der Waals surface area contributed by atoms with Gasteiger partial charge in [0.25, 0.3) is 25.9 Å². The molecule has 3 aromatic carbocycles. The van der Waals surface area contributed by atoms with E-state index in [1.165, 1.54) is 0 Å². The maximum absolute atomic E-state index is 11.8. The van der Waals surface area contributed by atoms with Crippen LogP contribution in [0.4, 0.5) is 22.7 Å². The molecule has 3 aromatic rings. The summed E-state index contributed by atoms with van der Waals surface area (Å²) in [5.74, 6) is -1.51. The Kier molecular flexibility index (Phi) is 7.34. The number of rotatable bonds is 5. The van der Waals surface area contributed by atoms with Gasteiger partial charge in [-0.15, -0.1) is 10.2 Å². The third kappa shape index (κ3) is 5.38. The first-order chi connectivity index (χ1) is 14.7. The standard InChI is InChI=1S/C16H12N4O10S2.Na/c17-10-6-9(31(25,26)27)3-7-4-13(32(28,29)30)15(16(22)14(7)10)19-18-11-5-8(20(23)24)1-2-12(11)21;/h1-6,21-22H,17H2,(H,25,26,27)(H,28,29,30);. The summed E-state index contributed by atoms with van der Waals surface area (Å²) >= 11 is 0. The van der Waals surface area contributed by atoms with Crippen LogP contribution in [-0.2, 0) is 20.2 Å². The SMILES string of the molecule is Nc1cc(S(=O)(=O)O)cc2cc(S(=O)(=O)O)c(N=Nc3cc([N+](=O)[O-])ccc3O)c(O)c12.[Na]. The number of nitrogens with zero attached hydrogens (tertiary/aromatic N) is 3. The van der Waals surface area contributed by atoms with E-state index >= 15 is 0 Å². The van der Waals surface area contributed by atoms with Crippen LogP contribution >= 0.6 is 0 Å². The van der Waals surface area contributed by atoms with Crippen LogP contribution in [0.3, 0.4) is 0 Å². The molecule has 1 radical (unpaired) electrons. The van der Waals surface area contributed by atoms with Crippen molar-refractivity contribution in [1.82, 2.24) is 0 Å². The van der Waals surface area contributed by atoms with E-state index < -0.39 is 69.2 Å². The van der Waals surface area contributed by atoms with E-state index in [4.69, 9.17) is 5.73 Å². The summed E-state index contributed by atoms with van der Waals surface area (Å²) in [6, 6.07) is 5.03. The van der Waals surface area contributed by atoms with Crippen LogP contribution in [0.25, 0.3) is 10.8 Å². The number of benzene rings is 3. The Hall–Kier alpha value is -2.86. The van der Waals surface area contributed by atoms with Crippen LogP contribution in [-0.4, -0.2) is 70.6 Å². The van der Waals surface area contributed by atoms with Gasteiger partial charge in [0.1, 0.15) is 22.0 Å². The molecule has 0 spiro atoms. The van der Waals surface area contributed by atoms with Gasteiger partial charge in [-0.25, -0.2) is 0 Å². The summed E-state index contributed by atoms with van der Waals surface area (Å²) < 4.78 is 65.2. The molecule has 0 aliphatic rings. The zero-order valence-corrected chi connectivity index (χ0v) is 20.1. The van der Waals surface area contributed by atoms with E-state index in [9.17, 15) is 46.3 Å². The fourth-order valence-electron chi connectivity index (χ4n) is 2.74. The molecule has 0 bridgehead atoms. The first kappa shape index (κ1) is 26.4. The predicted molar refractivity (Wildman–Crippen MR) is 114 cm³/mol. The summed E-state index contributed by atoms with van der Waals surface area (Å²) in [5, 5.41) is 37.7. The molecule has 17 heteroatoms. The van der Waals surface area contributed by atoms with Gasteiger partial charge in [0.2, 0.25) is 0 Å². The Morgan fingerprint density at radius 2 is 1.58 bits per heavy atom. The molecule has 0 aliphatic heterocycles. The molecule has 0 saturated heterocycles. The zero-order chi connectivity index (χ0) is 24.0. The third-order valence-electron chi connectivity index (χ3n) is 4.16. The topological polar surface area (TPSA) is 243 Å². The van der Waals surface area contributed by atoms with Crippen LogP contribution in [0.5, 0.6) is 11.5 Å². The van der Waals surface area contributed by atoms with Crippen molar-refractivity contribution in [3.05, 3.63) is 46.5 Å². The van der Waals surface area contributed by atoms with Gasteiger partial charge in [0.05, 0.1) is 9.82 Å². The number of anilines is 1. The van der Waals surface area contributed by atoms with E-state index in [1.54, 1.807) is 0 Å². The number of hydrogen-bond acceptors (Lipinski definition) is 11. The second kappa shape index (κ2) is 9.18. The van der Waals surface area contributed by atoms with Gasteiger partial charge in [-0.3, -0.25) is 19.2 Å². The first-order valence-electron chi connectivity index (χ1n) is 8.13. The minimum Gasteiger partial charge on any atom is -0.506 e. The van der Waals surface area contributed by atoms with Crippen molar-refractivity contribution in [2.45, 2.75) is 9.79 Å². The molecule has 0 atom stereocenters. The first-order valence-corrected chi connectivity index (χ1v) is 11.0. The molecule has 6 N–H and O–H groups in total. The fourth-order valence-corrected chi connectivity index (χ4v) is 3.95. The van der Waals surface area contributed by atoms with Crippen molar-refractivity contribution in [3.8, 4) is 11.5 Å². The van der Waals surface area contributed by atoms with Gasteiger partial charge in [-0.05, 0) is 29.7 Å². The number of fused-ring (bicyclic) bond motifs is 1. The number of azo groups is 1. The van der Waals surface area contributed by atoms with Crippen molar-refractivity contribution in [3.63, 3.8) is 0 Å². The molecule has 33 heavy (non-hydrogen) atoms. The van der Waals surface area contributed by atoms with Crippen LogP contribution in [0.2, 0.25) is 0 Å². The van der Waals surface area contributed by atoms with Gasteiger partial charge < -0.3 is 15.9 Å². The maximum atomic E-state index is 11.8. The van der Waals surface area contributed by atoms with Crippen LogP contribution in [0.1, 0.15) is 0 Å². The molecule has 0 aliphatic carbocycles. The number of nitro benzene ring substituents is 1. The third-order valence-corrected chi connectivity index (χ3v) is 5.86. The van der Waals surface area contributed by atoms with Gasteiger partial charge in [0.15, 0.2) is 5.75 Å². The van der Waals surface area contributed by atoms with Crippen molar-refractivity contribution >= 4 is 83.3 Å². The molecule has 0 fully saturated rings. The van der Waals surface area contributed by atoms with Gasteiger partial charge >= 0.3 is 0 Å². The van der Waals surface area contributed by atoms with E-state index in [0.717, 1.165) is 36.4 Å². The average Bonchev–Trinajstić information content (AvgIpc) is 2.66. The van der Waals surface area contributed by atoms with E-state index in [1.807, 2.05) is 0 Å². The number of aromatic hydroxyl groups is 2. The number of non-ortho nitro benzene ring substituents is 1. The molecular formula is C16H12N4NaO10S2. The Labute approximate surface area is 207 Å². The van der Waals surface area contributed by atoms with E-state index in [0.29, 0.717) is 0 Å². The predicted octanol–water partition coefficient (Wildman–Crippen LogP) is 2.27. The number of phenolic OH excluding ortho intramolecular Hbond substituents is 2. The van der Waals surface area contributed by atoms with Gasteiger partial charge in [-0.2, -0.15) is 16.8 Å². The fraction of sp³-hybridized carbons (Fsp3) is 0.